The van der Waals surface area contributed by atoms with Crippen molar-refractivity contribution in [3.8, 4) is 5.75 Å². The number of amides is 2. The average Bonchev–Trinajstić information content (AvgIpc) is 2.73. The summed E-state index contributed by atoms with van der Waals surface area (Å²) in [5.74, 6) is -1.02. The Balaban J connectivity index is 1.43. The number of rotatable bonds is 5. The van der Waals surface area contributed by atoms with E-state index in [2.05, 4.69) is 10.3 Å². The van der Waals surface area contributed by atoms with Gasteiger partial charge in [-0.2, -0.15) is 0 Å². The molecule has 0 atom stereocenters. The number of nitrogens with one attached hydrogen (secondary N) is 1. The molecule has 0 aliphatic carbocycles. The molecule has 0 saturated carbocycles. The van der Waals surface area contributed by atoms with Crippen LogP contribution in [-0.2, 0) is 4.79 Å². The van der Waals surface area contributed by atoms with Crippen LogP contribution in [0.2, 0.25) is 0 Å². The Labute approximate surface area is 167 Å². The molecular weight excluding hydrogens is 377 g/mol. The van der Waals surface area contributed by atoms with E-state index in [-0.39, 0.29) is 29.7 Å². The van der Waals surface area contributed by atoms with Crippen LogP contribution in [0.3, 0.4) is 0 Å². The zero-order valence-corrected chi connectivity index (χ0v) is 16.1. The highest BCUT2D eigenvalue weighted by Gasteiger charge is 2.28. The predicted molar refractivity (Wildman–Crippen MR) is 103 cm³/mol. The molecule has 29 heavy (non-hydrogen) atoms. The lowest BCUT2D eigenvalue weighted by Crippen LogP contribution is -2.44. The minimum absolute atomic E-state index is 0.190. The first kappa shape index (κ1) is 20.4. The van der Waals surface area contributed by atoms with Crippen LogP contribution in [0.15, 0.2) is 42.6 Å². The van der Waals surface area contributed by atoms with Gasteiger partial charge in [0.1, 0.15) is 5.82 Å². The third-order valence-electron chi connectivity index (χ3n) is 4.78. The van der Waals surface area contributed by atoms with Crippen LogP contribution < -0.4 is 10.1 Å². The summed E-state index contributed by atoms with van der Waals surface area (Å²) in [7, 11) is 0. The minimum atomic E-state index is -0.497. The van der Waals surface area contributed by atoms with E-state index in [0.29, 0.717) is 31.7 Å². The van der Waals surface area contributed by atoms with Crippen molar-refractivity contribution in [3.63, 3.8) is 0 Å². The van der Waals surface area contributed by atoms with E-state index in [0.717, 1.165) is 11.8 Å². The minimum Gasteiger partial charge on any atom is -0.409 e. The van der Waals surface area contributed by atoms with Gasteiger partial charge in [0.05, 0.1) is 12.7 Å². The van der Waals surface area contributed by atoms with Crippen molar-refractivity contribution in [3.05, 3.63) is 59.7 Å². The zero-order chi connectivity index (χ0) is 20.8. The predicted octanol–water partition coefficient (Wildman–Crippen LogP) is 2.74. The average molecular weight is 399 g/mol. The molecule has 1 fully saturated rings. The molecule has 0 spiro atoms. The Morgan fingerprint density at radius 1 is 1.21 bits per heavy atom. The van der Waals surface area contributed by atoms with Crippen molar-refractivity contribution in [2.45, 2.75) is 19.8 Å². The molecule has 2 amide bonds. The summed E-state index contributed by atoms with van der Waals surface area (Å²) in [6, 6.07) is 8.78. The molecule has 2 aromatic rings. The lowest BCUT2D eigenvalue weighted by molar-refractivity contribution is -0.126. The van der Waals surface area contributed by atoms with Crippen molar-refractivity contribution in [1.82, 2.24) is 15.2 Å². The van der Waals surface area contributed by atoms with E-state index in [1.165, 1.54) is 24.4 Å². The number of aryl methyl sites for hydroxylation is 1. The summed E-state index contributed by atoms with van der Waals surface area (Å²) in [6.45, 7) is 2.42. The number of aromatic nitrogens is 1. The van der Waals surface area contributed by atoms with Gasteiger partial charge in [0.25, 0.3) is 0 Å². The summed E-state index contributed by atoms with van der Waals surface area (Å²) < 4.78 is 18.5. The smallest absolute Gasteiger partial charge is 0.409 e. The van der Waals surface area contributed by atoms with Gasteiger partial charge in [-0.05, 0) is 44.0 Å². The number of benzene rings is 1. The number of hydrogen-bond donors (Lipinski definition) is 1. The van der Waals surface area contributed by atoms with Gasteiger partial charge < -0.3 is 15.0 Å². The van der Waals surface area contributed by atoms with Gasteiger partial charge in [-0.3, -0.25) is 14.6 Å². The lowest BCUT2D eigenvalue weighted by Gasteiger charge is -2.30. The number of nitrogens with zero attached hydrogens (tertiary/aromatic N) is 2. The molecular formula is C21H22FN3O4. The van der Waals surface area contributed by atoms with E-state index in [9.17, 15) is 18.8 Å². The third kappa shape index (κ3) is 5.60. The number of pyridine rings is 1. The fraction of sp³-hybridized carbons (Fsp3) is 0.333. The normalized spacial score (nSPS) is 14.3. The van der Waals surface area contributed by atoms with Crippen LogP contribution in [0, 0.1) is 18.7 Å². The quantitative estimate of drug-likeness (QED) is 0.781. The Bertz CT molecular complexity index is 893. The Hall–Kier alpha value is -3.29. The van der Waals surface area contributed by atoms with Gasteiger partial charge in [-0.25, -0.2) is 9.18 Å². The van der Waals surface area contributed by atoms with Crippen LogP contribution in [0.4, 0.5) is 9.18 Å². The highest BCUT2D eigenvalue weighted by molar-refractivity contribution is 5.99. The summed E-state index contributed by atoms with van der Waals surface area (Å²) in [5.41, 5.74) is 1.04. The van der Waals surface area contributed by atoms with Gasteiger partial charge in [-0.15, -0.1) is 0 Å². The van der Waals surface area contributed by atoms with Gasteiger partial charge in [0, 0.05) is 30.3 Å². The number of carbonyl (C=O) groups is 3. The first-order chi connectivity index (χ1) is 13.9. The molecule has 0 radical (unpaired) electrons. The Morgan fingerprint density at radius 3 is 2.62 bits per heavy atom. The molecule has 2 heterocycles. The largest absolute Gasteiger partial charge is 0.415 e. The van der Waals surface area contributed by atoms with Crippen molar-refractivity contribution in [1.29, 1.82) is 0 Å². The Morgan fingerprint density at radius 2 is 1.97 bits per heavy atom. The van der Waals surface area contributed by atoms with Crippen LogP contribution in [-0.4, -0.2) is 47.3 Å². The van der Waals surface area contributed by atoms with Gasteiger partial charge in [-0.1, -0.05) is 12.1 Å². The molecule has 3 rings (SSSR count). The monoisotopic (exact) mass is 399 g/mol. The molecule has 7 nitrogen and oxygen atoms in total. The Kier molecular flexibility index (Phi) is 6.54. The van der Waals surface area contributed by atoms with Crippen LogP contribution in [0.5, 0.6) is 5.75 Å². The van der Waals surface area contributed by atoms with Crippen molar-refractivity contribution >= 4 is 17.8 Å². The van der Waals surface area contributed by atoms with Crippen LogP contribution >= 0.6 is 0 Å². The summed E-state index contributed by atoms with van der Waals surface area (Å²) in [6.07, 6.45) is 1.96. The second-order valence-electron chi connectivity index (χ2n) is 6.92. The third-order valence-corrected chi connectivity index (χ3v) is 4.78. The molecule has 1 aromatic heterocycles. The molecule has 8 heteroatoms. The van der Waals surface area contributed by atoms with Gasteiger partial charge >= 0.3 is 6.09 Å². The number of halogens is 1. The molecule has 0 bridgehead atoms. The maximum absolute atomic E-state index is 13.2. The number of carbonyl (C=O) groups excluding carboxylic acids is 3. The first-order valence-electron chi connectivity index (χ1n) is 9.38. The molecule has 1 aliphatic rings. The van der Waals surface area contributed by atoms with Crippen LogP contribution in [0.1, 0.15) is 28.9 Å². The highest BCUT2D eigenvalue weighted by Crippen LogP contribution is 2.19. The van der Waals surface area contributed by atoms with Gasteiger partial charge in [0.15, 0.2) is 11.5 Å². The topological polar surface area (TPSA) is 88.6 Å². The number of likely N-dealkylation sites (tertiary alicyclic amines) is 1. The standard InChI is InChI=1S/C21H22FN3O4/c1-14-5-6-18(12-23-14)29-21(28)25-9-7-15(8-10-25)20(27)24-13-19(26)16-3-2-4-17(22)11-16/h2-6,11-12,15H,7-10,13H2,1H3,(H,24,27). The van der Waals surface area contributed by atoms with Crippen molar-refractivity contribution < 1.29 is 23.5 Å². The van der Waals surface area contributed by atoms with Crippen molar-refractivity contribution in [2.24, 2.45) is 5.92 Å². The molecule has 1 aromatic carbocycles. The second-order valence-corrected chi connectivity index (χ2v) is 6.92. The van der Waals surface area contributed by atoms with E-state index in [4.69, 9.17) is 4.74 Å². The fourth-order valence-electron chi connectivity index (χ4n) is 3.08. The fourth-order valence-corrected chi connectivity index (χ4v) is 3.08. The highest BCUT2D eigenvalue weighted by atomic mass is 19.1. The SMILES string of the molecule is Cc1ccc(OC(=O)N2CCC(C(=O)NCC(=O)c3cccc(F)c3)CC2)cn1. The first-order valence-corrected chi connectivity index (χ1v) is 9.38. The number of ketones is 1. The molecule has 1 saturated heterocycles. The number of ether oxygens (including phenoxy) is 1. The second kappa shape index (κ2) is 9.27. The van der Waals surface area contributed by atoms with E-state index < -0.39 is 11.9 Å². The van der Waals surface area contributed by atoms with E-state index in [1.54, 1.807) is 17.0 Å². The molecule has 1 aliphatic heterocycles. The van der Waals surface area contributed by atoms with E-state index in [1.807, 2.05) is 6.92 Å². The van der Waals surface area contributed by atoms with Crippen LogP contribution in [0.25, 0.3) is 0 Å². The number of hydrogen-bond acceptors (Lipinski definition) is 5. The summed E-state index contributed by atoms with van der Waals surface area (Å²) >= 11 is 0. The summed E-state index contributed by atoms with van der Waals surface area (Å²) in [5, 5.41) is 2.61. The zero-order valence-electron chi connectivity index (χ0n) is 16.1. The molecule has 152 valence electrons. The molecule has 0 unspecified atom stereocenters. The van der Waals surface area contributed by atoms with Crippen molar-refractivity contribution in [2.75, 3.05) is 19.6 Å². The van der Waals surface area contributed by atoms with E-state index >= 15 is 0 Å². The summed E-state index contributed by atoms with van der Waals surface area (Å²) in [4.78, 5) is 42.2. The number of Topliss-reactive ketones (excluding diaryl/α,β-unsaturated/α-hetero) is 1. The maximum Gasteiger partial charge on any atom is 0.415 e. The molecule has 1 N–H and O–H groups in total. The lowest BCUT2D eigenvalue weighted by atomic mass is 9.96. The van der Waals surface area contributed by atoms with Gasteiger partial charge in [0.2, 0.25) is 5.91 Å². The maximum atomic E-state index is 13.2. The number of piperidine rings is 1.